The van der Waals surface area contributed by atoms with Crippen LogP contribution < -0.4 is 5.73 Å². The largest absolute Gasteiger partial charge is 0.446 e. The van der Waals surface area contributed by atoms with Crippen LogP contribution in [0.15, 0.2) is 20.8 Å². The number of hydrogen-bond acceptors (Lipinski definition) is 5. The summed E-state index contributed by atoms with van der Waals surface area (Å²) in [6, 6.07) is 1.60. The Hall–Kier alpha value is -1.07. The highest BCUT2D eigenvalue weighted by Crippen LogP contribution is 2.46. The molecule has 1 atom stereocenters. The molecule has 1 aliphatic heterocycles. The van der Waals surface area contributed by atoms with Crippen molar-refractivity contribution in [1.29, 1.82) is 5.26 Å². The maximum absolute atomic E-state index is 12.4. The Balaban J connectivity index is 2.89. The molecule has 1 rings (SSSR count). The smallest absolute Gasteiger partial charge is 0.301 e. The van der Waals surface area contributed by atoms with E-state index in [9.17, 15) is 13.2 Å². The second-order valence-corrected chi connectivity index (χ2v) is 4.99. The van der Waals surface area contributed by atoms with E-state index < -0.39 is 22.9 Å². The number of azo groups is 1. The van der Waals surface area contributed by atoms with E-state index in [1.807, 2.05) is 6.92 Å². The number of alkyl halides is 3. The zero-order valence-electron chi connectivity index (χ0n) is 9.79. The van der Waals surface area contributed by atoms with E-state index in [1.54, 1.807) is 6.07 Å². The number of nitriles is 1. The lowest BCUT2D eigenvalue weighted by molar-refractivity contribution is -0.0324. The predicted molar refractivity (Wildman–Crippen MR) is 62.2 cm³/mol. The van der Waals surface area contributed by atoms with Gasteiger partial charge in [0.15, 0.2) is 11.4 Å². The maximum Gasteiger partial charge on any atom is 0.446 e. The predicted octanol–water partition coefficient (Wildman–Crippen LogP) is 3.68. The summed E-state index contributed by atoms with van der Waals surface area (Å²) in [5.41, 5.74) is -0.507. The molecule has 0 saturated heterocycles. The highest BCUT2D eigenvalue weighted by molar-refractivity contribution is 8.04. The molecule has 0 bridgehead atoms. The number of allylic oxidation sites excluding steroid dienone is 1. The third-order valence-electron chi connectivity index (χ3n) is 2.42. The fraction of sp³-hybridized carbons (Fsp3) is 0.700. The highest BCUT2D eigenvalue weighted by atomic mass is 32.2. The molecule has 0 amide bonds. The highest BCUT2D eigenvalue weighted by Gasteiger charge is 2.44. The first-order valence-corrected chi connectivity index (χ1v) is 6.26. The van der Waals surface area contributed by atoms with E-state index in [0.717, 1.165) is 12.8 Å². The second kappa shape index (κ2) is 5.71. The molecule has 0 fully saturated rings. The van der Waals surface area contributed by atoms with Gasteiger partial charge in [0, 0.05) is 0 Å². The Morgan fingerprint density at radius 3 is 2.61 bits per heavy atom. The molecule has 0 radical (unpaired) electrons. The van der Waals surface area contributed by atoms with Crippen LogP contribution in [0.5, 0.6) is 0 Å². The van der Waals surface area contributed by atoms with Gasteiger partial charge in [0.25, 0.3) is 0 Å². The van der Waals surface area contributed by atoms with Gasteiger partial charge < -0.3 is 5.73 Å². The van der Waals surface area contributed by atoms with Crippen molar-refractivity contribution in [1.82, 2.24) is 0 Å². The fourth-order valence-corrected chi connectivity index (χ4v) is 2.30. The number of nitrogens with zero attached hydrogens (tertiary/aromatic N) is 3. The molecule has 1 heterocycles. The van der Waals surface area contributed by atoms with Crippen LogP contribution in [-0.2, 0) is 0 Å². The number of rotatable bonds is 5. The molecule has 0 saturated carbocycles. The van der Waals surface area contributed by atoms with Crippen molar-refractivity contribution in [3.63, 3.8) is 0 Å². The van der Waals surface area contributed by atoms with Crippen molar-refractivity contribution < 1.29 is 13.2 Å². The van der Waals surface area contributed by atoms with Gasteiger partial charge in [-0.05, 0) is 24.6 Å². The lowest BCUT2D eigenvalue weighted by atomic mass is 10.0. The lowest BCUT2D eigenvalue weighted by Crippen LogP contribution is -2.38. The van der Waals surface area contributed by atoms with E-state index in [0.29, 0.717) is 6.42 Å². The minimum atomic E-state index is -4.50. The van der Waals surface area contributed by atoms with E-state index in [1.165, 1.54) is 0 Å². The van der Waals surface area contributed by atoms with Crippen LogP contribution in [0.25, 0.3) is 0 Å². The van der Waals surface area contributed by atoms with Crippen LogP contribution in [0.2, 0.25) is 0 Å². The molecule has 8 heteroatoms. The zero-order valence-corrected chi connectivity index (χ0v) is 10.6. The molecule has 0 aliphatic carbocycles. The van der Waals surface area contributed by atoms with E-state index in [4.69, 9.17) is 11.0 Å². The average Bonchev–Trinajstić information content (AvgIpc) is 2.55. The van der Waals surface area contributed by atoms with Gasteiger partial charge in [-0.2, -0.15) is 23.5 Å². The van der Waals surface area contributed by atoms with Gasteiger partial charge in [-0.25, -0.2) is 0 Å². The SMILES string of the molecule is CCCCCC1(N)N=NC(C#N)=C1SC(F)(F)F. The minimum absolute atomic E-state index is 0.258. The molecular weight excluding hydrogens is 265 g/mol. The summed E-state index contributed by atoms with van der Waals surface area (Å²) in [7, 11) is 0. The normalized spacial score (nSPS) is 23.6. The second-order valence-electron chi connectivity index (χ2n) is 3.92. The zero-order chi connectivity index (χ0) is 13.8. The lowest BCUT2D eigenvalue weighted by Gasteiger charge is -2.23. The van der Waals surface area contributed by atoms with Gasteiger partial charge in [-0.3, -0.25) is 0 Å². The summed E-state index contributed by atoms with van der Waals surface area (Å²) in [6.45, 7) is 1.97. The summed E-state index contributed by atoms with van der Waals surface area (Å²) >= 11 is -0.393. The van der Waals surface area contributed by atoms with Gasteiger partial charge in [-0.15, -0.1) is 5.11 Å². The fourth-order valence-electron chi connectivity index (χ4n) is 1.57. The molecule has 1 aliphatic rings. The van der Waals surface area contributed by atoms with Crippen molar-refractivity contribution in [2.75, 3.05) is 0 Å². The number of hydrogen-bond donors (Lipinski definition) is 1. The Morgan fingerprint density at radius 2 is 2.11 bits per heavy atom. The molecule has 0 aromatic rings. The van der Waals surface area contributed by atoms with Crippen LogP contribution in [0.1, 0.15) is 32.6 Å². The van der Waals surface area contributed by atoms with Crippen molar-refractivity contribution in [3.05, 3.63) is 10.6 Å². The Labute approximate surface area is 107 Å². The Kier molecular flexibility index (Phi) is 4.76. The van der Waals surface area contributed by atoms with E-state index in [-0.39, 0.29) is 17.0 Å². The van der Waals surface area contributed by atoms with Crippen molar-refractivity contribution in [2.24, 2.45) is 16.0 Å². The van der Waals surface area contributed by atoms with Gasteiger partial charge >= 0.3 is 5.51 Å². The minimum Gasteiger partial charge on any atom is -0.301 e. The molecule has 0 aromatic carbocycles. The van der Waals surface area contributed by atoms with Crippen LogP contribution in [-0.4, -0.2) is 11.2 Å². The summed E-state index contributed by atoms with van der Waals surface area (Å²) in [5, 5.41) is 15.8. The molecular formula is C10H13F3N4S. The number of thioether (sulfide) groups is 1. The van der Waals surface area contributed by atoms with Crippen molar-refractivity contribution in [3.8, 4) is 6.07 Å². The number of halogens is 3. The monoisotopic (exact) mass is 278 g/mol. The standard InChI is InChI=1S/C10H13F3N4S/c1-2-3-4-5-9(15)8(18-10(11,12)13)7(6-14)16-17-9/h2-5,15H2,1H3. The van der Waals surface area contributed by atoms with Crippen LogP contribution >= 0.6 is 11.8 Å². The summed E-state index contributed by atoms with van der Waals surface area (Å²) < 4.78 is 37.3. The van der Waals surface area contributed by atoms with Gasteiger partial charge in [0.1, 0.15) is 6.07 Å². The third kappa shape index (κ3) is 3.71. The topological polar surface area (TPSA) is 74.5 Å². The number of unbranched alkanes of at least 4 members (excludes halogenated alkanes) is 2. The van der Waals surface area contributed by atoms with Crippen LogP contribution in [0.3, 0.4) is 0 Å². The molecule has 100 valence electrons. The summed E-state index contributed by atoms with van der Waals surface area (Å²) in [6.07, 6.45) is 2.67. The molecule has 0 aromatic heterocycles. The van der Waals surface area contributed by atoms with E-state index in [2.05, 4.69) is 10.2 Å². The quantitative estimate of drug-likeness (QED) is 0.779. The molecule has 2 N–H and O–H groups in total. The first kappa shape index (κ1) is 15.0. The molecule has 4 nitrogen and oxygen atoms in total. The maximum atomic E-state index is 12.4. The summed E-state index contributed by atoms with van der Waals surface area (Å²) in [5.74, 6) is 0. The Morgan fingerprint density at radius 1 is 1.44 bits per heavy atom. The van der Waals surface area contributed by atoms with Crippen molar-refractivity contribution >= 4 is 11.8 Å². The van der Waals surface area contributed by atoms with Crippen LogP contribution in [0.4, 0.5) is 13.2 Å². The first-order valence-electron chi connectivity index (χ1n) is 5.45. The average molecular weight is 278 g/mol. The molecule has 0 spiro atoms. The molecule has 18 heavy (non-hydrogen) atoms. The van der Waals surface area contributed by atoms with Gasteiger partial charge in [-0.1, -0.05) is 19.8 Å². The van der Waals surface area contributed by atoms with E-state index >= 15 is 0 Å². The first-order chi connectivity index (χ1) is 8.32. The van der Waals surface area contributed by atoms with Crippen LogP contribution in [0, 0.1) is 11.3 Å². The Bertz CT molecular complexity index is 410. The third-order valence-corrected chi connectivity index (χ3v) is 3.40. The number of nitrogens with two attached hydrogens (primary N) is 1. The van der Waals surface area contributed by atoms with Crippen molar-refractivity contribution in [2.45, 2.75) is 43.8 Å². The van der Waals surface area contributed by atoms with Gasteiger partial charge in [0.05, 0.1) is 4.91 Å². The van der Waals surface area contributed by atoms with Gasteiger partial charge in [0.2, 0.25) is 0 Å². The summed E-state index contributed by atoms with van der Waals surface area (Å²) in [4.78, 5) is -0.298. The molecule has 1 unspecified atom stereocenters.